The summed E-state index contributed by atoms with van der Waals surface area (Å²) in [5, 5.41) is 9.24. The van der Waals surface area contributed by atoms with Gasteiger partial charge in [-0.2, -0.15) is 0 Å². The highest BCUT2D eigenvalue weighted by Crippen LogP contribution is 2.44. The summed E-state index contributed by atoms with van der Waals surface area (Å²) in [6.45, 7) is 4.79. The number of carbonyl (C=O) groups is 1. The largest absolute Gasteiger partial charge is 0.359 e. The first-order valence-electron chi connectivity index (χ1n) is 8.29. The Morgan fingerprint density at radius 1 is 1.52 bits per heavy atom. The molecule has 1 saturated carbocycles. The zero-order valence-corrected chi connectivity index (χ0v) is 14.3. The van der Waals surface area contributed by atoms with Crippen molar-refractivity contribution in [3.63, 3.8) is 0 Å². The summed E-state index contributed by atoms with van der Waals surface area (Å²) in [5.41, 5.74) is 2.85. The molecule has 0 radical (unpaired) electrons. The smallest absolute Gasteiger partial charge is 0.322 e. The summed E-state index contributed by atoms with van der Waals surface area (Å²) in [5.74, 6) is 1.27. The van der Waals surface area contributed by atoms with Crippen LogP contribution in [0.1, 0.15) is 60.0 Å². The van der Waals surface area contributed by atoms with Crippen LogP contribution in [-0.4, -0.2) is 22.6 Å². The number of hydrogen-bond acceptors (Lipinski definition) is 4. The molecular formula is C17H21N3O2S. The van der Waals surface area contributed by atoms with Crippen molar-refractivity contribution in [2.24, 2.45) is 0 Å². The first kappa shape index (κ1) is 14.8. The van der Waals surface area contributed by atoms with Gasteiger partial charge in [0.2, 0.25) is 0 Å². The van der Waals surface area contributed by atoms with Gasteiger partial charge in [0.15, 0.2) is 5.76 Å². The van der Waals surface area contributed by atoms with Crippen LogP contribution in [0.5, 0.6) is 0 Å². The van der Waals surface area contributed by atoms with Crippen LogP contribution in [0.25, 0.3) is 0 Å². The van der Waals surface area contributed by atoms with E-state index in [0.29, 0.717) is 5.92 Å². The SMILES string of the molecule is CC[C@H]1c2ccsc2CCN1C(=O)Nc1c(C)noc1C1CC1. The molecule has 122 valence electrons. The van der Waals surface area contributed by atoms with E-state index in [2.05, 4.69) is 28.8 Å². The Kier molecular flexibility index (Phi) is 3.64. The Balaban J connectivity index is 1.57. The van der Waals surface area contributed by atoms with Crippen molar-refractivity contribution < 1.29 is 9.32 Å². The van der Waals surface area contributed by atoms with Crippen molar-refractivity contribution in [1.29, 1.82) is 0 Å². The van der Waals surface area contributed by atoms with Crippen LogP contribution in [0, 0.1) is 6.92 Å². The number of aromatic nitrogens is 1. The zero-order chi connectivity index (χ0) is 16.0. The Morgan fingerprint density at radius 2 is 2.35 bits per heavy atom. The summed E-state index contributed by atoms with van der Waals surface area (Å²) in [7, 11) is 0. The highest BCUT2D eigenvalue weighted by molar-refractivity contribution is 7.10. The standard InChI is InChI=1S/C17H21N3O2S/c1-3-13-12-7-9-23-14(12)6-8-20(13)17(21)18-15-10(2)19-22-16(15)11-4-5-11/h7,9,11,13H,3-6,8H2,1-2H3,(H,18,21)/t13-/m0/s1. The van der Waals surface area contributed by atoms with Gasteiger partial charge in [0.05, 0.1) is 6.04 Å². The molecule has 0 spiro atoms. The molecule has 0 saturated heterocycles. The van der Waals surface area contributed by atoms with Gasteiger partial charge in [-0.3, -0.25) is 0 Å². The number of rotatable bonds is 3. The first-order chi connectivity index (χ1) is 11.2. The molecule has 23 heavy (non-hydrogen) atoms. The monoisotopic (exact) mass is 331 g/mol. The number of nitrogens with zero attached hydrogens (tertiary/aromatic N) is 2. The van der Waals surface area contributed by atoms with Gasteiger partial charge < -0.3 is 14.7 Å². The predicted octanol–water partition coefficient (Wildman–Crippen LogP) is 4.46. The molecule has 1 fully saturated rings. The average molecular weight is 331 g/mol. The van der Waals surface area contributed by atoms with E-state index >= 15 is 0 Å². The maximum Gasteiger partial charge on any atom is 0.322 e. The van der Waals surface area contributed by atoms with Crippen LogP contribution >= 0.6 is 11.3 Å². The van der Waals surface area contributed by atoms with Crippen molar-refractivity contribution in [2.75, 3.05) is 11.9 Å². The Hall–Kier alpha value is -1.82. The van der Waals surface area contributed by atoms with E-state index < -0.39 is 0 Å². The molecule has 3 heterocycles. The van der Waals surface area contributed by atoms with E-state index in [0.717, 1.165) is 49.4 Å². The molecule has 2 amide bonds. The molecule has 1 aliphatic heterocycles. The molecule has 2 aromatic heterocycles. The number of urea groups is 1. The number of amides is 2. The van der Waals surface area contributed by atoms with Gasteiger partial charge in [-0.1, -0.05) is 12.1 Å². The number of carbonyl (C=O) groups excluding carboxylic acids is 1. The normalized spacial score (nSPS) is 20.4. The second kappa shape index (κ2) is 5.67. The lowest BCUT2D eigenvalue weighted by Gasteiger charge is -2.35. The van der Waals surface area contributed by atoms with E-state index in [9.17, 15) is 4.79 Å². The van der Waals surface area contributed by atoms with Gasteiger partial charge >= 0.3 is 6.03 Å². The number of aryl methyl sites for hydroxylation is 1. The van der Waals surface area contributed by atoms with Gasteiger partial charge in [0, 0.05) is 17.3 Å². The molecule has 2 aliphatic rings. The molecular weight excluding hydrogens is 310 g/mol. The summed E-state index contributed by atoms with van der Waals surface area (Å²) in [6, 6.07) is 2.28. The molecule has 5 nitrogen and oxygen atoms in total. The lowest BCUT2D eigenvalue weighted by molar-refractivity contribution is 0.181. The lowest BCUT2D eigenvalue weighted by atomic mass is 9.98. The van der Waals surface area contributed by atoms with Crippen molar-refractivity contribution in [3.8, 4) is 0 Å². The van der Waals surface area contributed by atoms with E-state index in [1.807, 2.05) is 11.8 Å². The van der Waals surface area contributed by atoms with E-state index in [-0.39, 0.29) is 12.1 Å². The number of hydrogen-bond donors (Lipinski definition) is 1. The number of thiophene rings is 1. The van der Waals surface area contributed by atoms with Gasteiger partial charge in [-0.05, 0) is 49.6 Å². The number of anilines is 1. The molecule has 0 bridgehead atoms. The van der Waals surface area contributed by atoms with Crippen molar-refractivity contribution in [1.82, 2.24) is 10.1 Å². The zero-order valence-electron chi connectivity index (χ0n) is 13.5. The molecule has 2 aromatic rings. The minimum absolute atomic E-state index is 0.0399. The van der Waals surface area contributed by atoms with Crippen LogP contribution in [0.4, 0.5) is 10.5 Å². The van der Waals surface area contributed by atoms with Crippen molar-refractivity contribution >= 4 is 23.1 Å². The van der Waals surface area contributed by atoms with E-state index in [1.54, 1.807) is 11.3 Å². The highest BCUT2D eigenvalue weighted by Gasteiger charge is 2.35. The minimum Gasteiger partial charge on any atom is -0.359 e. The average Bonchev–Trinajstić information content (AvgIpc) is 3.17. The molecule has 4 rings (SSSR count). The van der Waals surface area contributed by atoms with Gasteiger partial charge in [-0.25, -0.2) is 4.79 Å². The third-order valence-electron chi connectivity index (χ3n) is 4.81. The van der Waals surface area contributed by atoms with E-state index in [4.69, 9.17) is 4.52 Å². The summed E-state index contributed by atoms with van der Waals surface area (Å²) >= 11 is 1.80. The highest BCUT2D eigenvalue weighted by atomic mass is 32.1. The fourth-order valence-electron chi connectivity index (χ4n) is 3.42. The van der Waals surface area contributed by atoms with Gasteiger partial charge in [0.25, 0.3) is 0 Å². The van der Waals surface area contributed by atoms with Crippen molar-refractivity contribution in [2.45, 2.75) is 51.5 Å². The number of nitrogens with one attached hydrogen (secondary N) is 1. The van der Waals surface area contributed by atoms with Crippen LogP contribution in [0.15, 0.2) is 16.0 Å². The fraction of sp³-hybridized carbons (Fsp3) is 0.529. The minimum atomic E-state index is -0.0399. The van der Waals surface area contributed by atoms with Gasteiger partial charge in [0.1, 0.15) is 11.4 Å². The maximum atomic E-state index is 12.9. The third kappa shape index (κ3) is 2.55. The van der Waals surface area contributed by atoms with Crippen LogP contribution in [0.2, 0.25) is 0 Å². The Labute approximate surface area is 139 Å². The lowest BCUT2D eigenvalue weighted by Crippen LogP contribution is -2.42. The molecule has 1 N–H and O–H groups in total. The quantitative estimate of drug-likeness (QED) is 0.903. The summed E-state index contributed by atoms with van der Waals surface area (Å²) in [4.78, 5) is 16.2. The van der Waals surface area contributed by atoms with Crippen LogP contribution in [0.3, 0.4) is 0 Å². The topological polar surface area (TPSA) is 58.4 Å². The maximum absolute atomic E-state index is 12.9. The van der Waals surface area contributed by atoms with Crippen LogP contribution in [-0.2, 0) is 6.42 Å². The predicted molar refractivity (Wildman–Crippen MR) is 90.0 cm³/mol. The summed E-state index contributed by atoms with van der Waals surface area (Å²) in [6.07, 6.45) is 4.11. The van der Waals surface area contributed by atoms with Gasteiger partial charge in [-0.15, -0.1) is 11.3 Å². The number of fused-ring (bicyclic) bond motifs is 1. The molecule has 0 aromatic carbocycles. The third-order valence-corrected chi connectivity index (χ3v) is 5.81. The second-order valence-corrected chi connectivity index (χ2v) is 7.38. The first-order valence-corrected chi connectivity index (χ1v) is 9.17. The molecule has 1 atom stereocenters. The Bertz CT molecular complexity index is 732. The van der Waals surface area contributed by atoms with Crippen molar-refractivity contribution in [3.05, 3.63) is 33.3 Å². The van der Waals surface area contributed by atoms with E-state index in [1.165, 1.54) is 10.4 Å². The van der Waals surface area contributed by atoms with Crippen LogP contribution < -0.4 is 5.32 Å². The molecule has 0 unspecified atom stereocenters. The Morgan fingerprint density at radius 3 is 3.09 bits per heavy atom. The fourth-order valence-corrected chi connectivity index (χ4v) is 4.35. The molecule has 1 aliphatic carbocycles. The second-order valence-electron chi connectivity index (χ2n) is 6.38. The molecule has 6 heteroatoms. The summed E-state index contributed by atoms with van der Waals surface area (Å²) < 4.78 is 5.42.